The number of rotatable bonds is 6. The zero-order valence-electron chi connectivity index (χ0n) is 9.22. The van der Waals surface area contributed by atoms with Crippen LogP contribution in [-0.2, 0) is 16.1 Å². The zero-order valence-corrected chi connectivity index (χ0v) is 9.22. The van der Waals surface area contributed by atoms with Gasteiger partial charge in [0, 0.05) is 0 Å². The summed E-state index contributed by atoms with van der Waals surface area (Å²) in [6, 6.07) is 9.90. The molecule has 0 aromatic heterocycles. The predicted molar refractivity (Wildman–Crippen MR) is 58.3 cm³/mol. The second-order valence-corrected chi connectivity index (χ2v) is 3.56. The van der Waals surface area contributed by atoms with Gasteiger partial charge in [-0.15, -0.1) is 0 Å². The monoisotopic (exact) mass is 210 g/mol. The molecular weight excluding hydrogens is 192 g/mol. The van der Waals surface area contributed by atoms with Crippen molar-refractivity contribution in [3.05, 3.63) is 35.9 Å². The van der Waals surface area contributed by atoms with Crippen LogP contribution in [0.3, 0.4) is 0 Å². The van der Waals surface area contributed by atoms with Gasteiger partial charge >= 0.3 is 0 Å². The van der Waals surface area contributed by atoms with Crippen LogP contribution in [0.5, 0.6) is 0 Å². The zero-order chi connectivity index (χ0) is 11.1. The Kier molecular flexibility index (Phi) is 5.32. The number of benzene rings is 1. The second kappa shape index (κ2) is 6.56. The van der Waals surface area contributed by atoms with Crippen molar-refractivity contribution in [1.82, 2.24) is 0 Å². The highest BCUT2D eigenvalue weighted by Gasteiger charge is 2.07. The molecule has 0 saturated carbocycles. The van der Waals surface area contributed by atoms with Crippen molar-refractivity contribution in [3.8, 4) is 0 Å². The lowest BCUT2D eigenvalue weighted by Crippen LogP contribution is -2.23. The molecule has 0 unspecified atom stereocenters. The third-order valence-electron chi connectivity index (χ3n) is 2.21. The van der Waals surface area contributed by atoms with E-state index in [2.05, 4.69) is 0 Å². The Morgan fingerprint density at radius 3 is 2.47 bits per heavy atom. The molecule has 0 saturated heterocycles. The Balaban J connectivity index is 2.12. The van der Waals surface area contributed by atoms with E-state index in [0.29, 0.717) is 6.61 Å². The minimum atomic E-state index is -0.467. The fourth-order valence-corrected chi connectivity index (χ4v) is 1.03. The second-order valence-electron chi connectivity index (χ2n) is 3.56. The molecular formula is C12H18O3. The first-order valence-corrected chi connectivity index (χ1v) is 5.11. The predicted octanol–water partition coefficient (Wildman–Crippen LogP) is 1.95. The number of aliphatic hydroxyl groups excluding tert-OH is 1. The first-order valence-electron chi connectivity index (χ1n) is 5.11. The maximum Gasteiger partial charge on any atom is 0.147 e. The summed E-state index contributed by atoms with van der Waals surface area (Å²) in [5, 5.41) is 9.16. The van der Waals surface area contributed by atoms with Gasteiger partial charge < -0.3 is 14.6 Å². The Morgan fingerprint density at radius 1 is 1.20 bits per heavy atom. The van der Waals surface area contributed by atoms with Crippen molar-refractivity contribution in [2.45, 2.75) is 32.7 Å². The van der Waals surface area contributed by atoms with Gasteiger partial charge in [0.2, 0.25) is 0 Å². The van der Waals surface area contributed by atoms with Crippen LogP contribution in [0.15, 0.2) is 30.3 Å². The molecule has 0 aliphatic heterocycles. The van der Waals surface area contributed by atoms with E-state index in [1.54, 1.807) is 6.92 Å². The minimum Gasteiger partial charge on any atom is -0.391 e. The summed E-state index contributed by atoms with van der Waals surface area (Å²) < 4.78 is 10.6. The standard InChI is InChI=1S/C12H18O3/c1-10(13)11(2)15-9-14-8-12-6-4-3-5-7-12/h3-7,10-11,13H,8-9H2,1-2H3/t10-,11-/m0/s1. The first kappa shape index (κ1) is 12.2. The van der Waals surface area contributed by atoms with Crippen LogP contribution in [0, 0.1) is 0 Å². The summed E-state index contributed by atoms with van der Waals surface area (Å²) in [7, 11) is 0. The minimum absolute atomic E-state index is 0.194. The largest absolute Gasteiger partial charge is 0.391 e. The van der Waals surface area contributed by atoms with Crippen LogP contribution in [0.1, 0.15) is 19.4 Å². The smallest absolute Gasteiger partial charge is 0.147 e. The van der Waals surface area contributed by atoms with Gasteiger partial charge in [-0.2, -0.15) is 0 Å². The van der Waals surface area contributed by atoms with Gasteiger partial charge in [0.25, 0.3) is 0 Å². The molecule has 0 amide bonds. The molecule has 2 atom stereocenters. The van der Waals surface area contributed by atoms with E-state index in [1.165, 1.54) is 0 Å². The molecule has 1 rings (SSSR count). The number of hydrogen-bond donors (Lipinski definition) is 1. The van der Waals surface area contributed by atoms with Gasteiger partial charge in [0.1, 0.15) is 6.79 Å². The van der Waals surface area contributed by atoms with E-state index in [9.17, 15) is 0 Å². The van der Waals surface area contributed by atoms with E-state index >= 15 is 0 Å². The summed E-state index contributed by atoms with van der Waals surface area (Å²) in [5.74, 6) is 0. The molecule has 1 aromatic carbocycles. The van der Waals surface area contributed by atoms with Crippen molar-refractivity contribution in [2.75, 3.05) is 6.79 Å². The molecule has 1 aromatic rings. The van der Waals surface area contributed by atoms with E-state index in [0.717, 1.165) is 5.56 Å². The number of hydrogen-bond acceptors (Lipinski definition) is 3. The Labute approximate surface area is 90.6 Å². The summed E-state index contributed by atoms with van der Waals surface area (Å²) in [6.45, 7) is 4.26. The Bertz CT molecular complexity index is 259. The quantitative estimate of drug-likeness (QED) is 0.576. The maximum atomic E-state index is 9.16. The lowest BCUT2D eigenvalue weighted by atomic mass is 10.2. The van der Waals surface area contributed by atoms with E-state index in [4.69, 9.17) is 14.6 Å². The summed E-state index contributed by atoms with van der Waals surface area (Å²) in [4.78, 5) is 0. The topological polar surface area (TPSA) is 38.7 Å². The normalized spacial score (nSPS) is 14.9. The first-order chi connectivity index (χ1) is 7.20. The average molecular weight is 210 g/mol. The highest BCUT2D eigenvalue weighted by Crippen LogP contribution is 2.02. The van der Waals surface area contributed by atoms with Gasteiger partial charge in [-0.3, -0.25) is 0 Å². The lowest BCUT2D eigenvalue weighted by molar-refractivity contribution is -0.119. The average Bonchev–Trinajstić information content (AvgIpc) is 2.25. The van der Waals surface area contributed by atoms with Gasteiger partial charge in [0.05, 0.1) is 18.8 Å². The molecule has 0 fully saturated rings. The van der Waals surface area contributed by atoms with Crippen molar-refractivity contribution in [3.63, 3.8) is 0 Å². The number of ether oxygens (including phenoxy) is 2. The highest BCUT2D eigenvalue weighted by molar-refractivity contribution is 5.13. The molecule has 0 aliphatic rings. The molecule has 0 heterocycles. The molecule has 0 spiro atoms. The molecule has 15 heavy (non-hydrogen) atoms. The van der Waals surface area contributed by atoms with Crippen LogP contribution in [0.2, 0.25) is 0 Å². The highest BCUT2D eigenvalue weighted by atomic mass is 16.7. The third-order valence-corrected chi connectivity index (χ3v) is 2.21. The fourth-order valence-electron chi connectivity index (χ4n) is 1.03. The van der Waals surface area contributed by atoms with Crippen LogP contribution >= 0.6 is 0 Å². The van der Waals surface area contributed by atoms with Crippen LogP contribution in [-0.4, -0.2) is 24.1 Å². The molecule has 1 N–H and O–H groups in total. The van der Waals surface area contributed by atoms with Gasteiger partial charge in [0.15, 0.2) is 0 Å². The maximum absolute atomic E-state index is 9.16. The van der Waals surface area contributed by atoms with Crippen molar-refractivity contribution >= 4 is 0 Å². The van der Waals surface area contributed by atoms with Crippen LogP contribution < -0.4 is 0 Å². The molecule has 0 bridgehead atoms. The summed E-state index contributed by atoms with van der Waals surface area (Å²) in [5.41, 5.74) is 1.12. The Morgan fingerprint density at radius 2 is 1.87 bits per heavy atom. The molecule has 84 valence electrons. The van der Waals surface area contributed by atoms with Crippen LogP contribution in [0.25, 0.3) is 0 Å². The van der Waals surface area contributed by atoms with Gasteiger partial charge in [-0.05, 0) is 19.4 Å². The SMILES string of the molecule is C[C@H](O)[C@H](C)OCOCc1ccccc1. The van der Waals surface area contributed by atoms with Crippen LogP contribution in [0.4, 0.5) is 0 Å². The molecule has 0 aliphatic carbocycles. The molecule has 0 radical (unpaired) electrons. The lowest BCUT2D eigenvalue weighted by Gasteiger charge is -2.15. The fraction of sp³-hybridized carbons (Fsp3) is 0.500. The molecule has 3 nitrogen and oxygen atoms in total. The Hall–Kier alpha value is -0.900. The van der Waals surface area contributed by atoms with Crippen molar-refractivity contribution in [2.24, 2.45) is 0 Å². The van der Waals surface area contributed by atoms with E-state index in [1.807, 2.05) is 37.3 Å². The van der Waals surface area contributed by atoms with Gasteiger partial charge in [-0.25, -0.2) is 0 Å². The summed E-state index contributed by atoms with van der Waals surface area (Å²) in [6.07, 6.45) is -0.661. The van der Waals surface area contributed by atoms with E-state index < -0.39 is 6.10 Å². The van der Waals surface area contributed by atoms with Crippen molar-refractivity contribution < 1.29 is 14.6 Å². The van der Waals surface area contributed by atoms with Crippen molar-refractivity contribution in [1.29, 1.82) is 0 Å². The summed E-state index contributed by atoms with van der Waals surface area (Å²) >= 11 is 0. The third kappa shape index (κ3) is 4.93. The van der Waals surface area contributed by atoms with E-state index in [-0.39, 0.29) is 12.9 Å². The van der Waals surface area contributed by atoms with Gasteiger partial charge in [-0.1, -0.05) is 30.3 Å². The number of aliphatic hydroxyl groups is 1. The molecule has 3 heteroatoms.